The lowest BCUT2D eigenvalue weighted by Crippen LogP contribution is -2.53. The predicted molar refractivity (Wildman–Crippen MR) is 78.5 cm³/mol. The number of carbonyl (C=O) groups is 2. The Labute approximate surface area is 125 Å². The fourth-order valence-electron chi connectivity index (χ4n) is 6.03. The van der Waals surface area contributed by atoms with Crippen molar-refractivity contribution in [1.29, 1.82) is 0 Å². The van der Waals surface area contributed by atoms with Gasteiger partial charge in [-0.25, -0.2) is 0 Å². The Morgan fingerprint density at radius 3 is 2.76 bits per heavy atom. The van der Waals surface area contributed by atoms with Gasteiger partial charge in [-0.05, 0) is 61.9 Å². The Bertz CT molecular complexity index is 535. The van der Waals surface area contributed by atoms with Crippen molar-refractivity contribution in [1.82, 2.24) is 0 Å². The van der Waals surface area contributed by atoms with Gasteiger partial charge in [0.15, 0.2) is 5.78 Å². The lowest BCUT2D eigenvalue weighted by Gasteiger charge is -2.54. The van der Waals surface area contributed by atoms with Gasteiger partial charge < -0.3 is 5.11 Å². The van der Waals surface area contributed by atoms with Gasteiger partial charge in [-0.1, -0.05) is 12.5 Å². The van der Waals surface area contributed by atoms with Gasteiger partial charge >= 0.3 is 0 Å². The summed E-state index contributed by atoms with van der Waals surface area (Å²) in [7, 11) is 0. The molecular formula is C18H24O3. The summed E-state index contributed by atoms with van der Waals surface area (Å²) in [5, 5.41) is 10.8. The van der Waals surface area contributed by atoms with Crippen molar-refractivity contribution in [2.24, 2.45) is 29.1 Å². The third-order valence-corrected chi connectivity index (χ3v) is 6.98. The van der Waals surface area contributed by atoms with Crippen molar-refractivity contribution in [3.8, 4) is 0 Å². The van der Waals surface area contributed by atoms with Crippen molar-refractivity contribution in [2.75, 3.05) is 0 Å². The van der Waals surface area contributed by atoms with Crippen molar-refractivity contribution >= 4 is 11.6 Å². The number of carbonyl (C=O) groups excluding carboxylic acids is 2. The highest BCUT2D eigenvalue weighted by Crippen LogP contribution is 2.60. The van der Waals surface area contributed by atoms with Crippen LogP contribution in [0.25, 0.3) is 0 Å². The Kier molecular flexibility index (Phi) is 2.94. The topological polar surface area (TPSA) is 54.4 Å². The molecule has 4 aliphatic rings. The van der Waals surface area contributed by atoms with Crippen LogP contribution in [0.15, 0.2) is 11.6 Å². The molecular weight excluding hydrogens is 264 g/mol. The molecule has 1 N–H and O–H groups in total. The van der Waals surface area contributed by atoms with Gasteiger partial charge in [0.05, 0.1) is 6.10 Å². The molecule has 4 rings (SSSR count). The Morgan fingerprint density at radius 2 is 1.95 bits per heavy atom. The first kappa shape index (κ1) is 13.7. The molecule has 0 heterocycles. The van der Waals surface area contributed by atoms with Gasteiger partial charge in [-0.2, -0.15) is 0 Å². The molecule has 0 amide bonds. The lowest BCUT2D eigenvalue weighted by molar-refractivity contribution is -0.140. The average molecular weight is 288 g/mol. The number of Topliss-reactive ketones (excluding diaryl/α,β-unsaturated/α-hetero) is 1. The monoisotopic (exact) mass is 288 g/mol. The van der Waals surface area contributed by atoms with Gasteiger partial charge in [0.1, 0.15) is 5.78 Å². The molecule has 114 valence electrons. The highest BCUT2D eigenvalue weighted by molar-refractivity contribution is 5.91. The minimum Gasteiger partial charge on any atom is -0.393 e. The number of rotatable bonds is 0. The van der Waals surface area contributed by atoms with Gasteiger partial charge in [0.2, 0.25) is 0 Å². The van der Waals surface area contributed by atoms with Gasteiger partial charge in [0, 0.05) is 18.3 Å². The maximum absolute atomic E-state index is 12.3. The summed E-state index contributed by atoms with van der Waals surface area (Å²) in [6.45, 7) is 2.09. The molecule has 3 heteroatoms. The quantitative estimate of drug-likeness (QED) is 0.745. The molecule has 3 fully saturated rings. The van der Waals surface area contributed by atoms with Crippen LogP contribution < -0.4 is 0 Å². The van der Waals surface area contributed by atoms with Crippen LogP contribution in [0.3, 0.4) is 0 Å². The molecule has 3 saturated carbocycles. The van der Waals surface area contributed by atoms with E-state index in [2.05, 4.69) is 6.92 Å². The minimum atomic E-state index is -0.375. The zero-order valence-corrected chi connectivity index (χ0v) is 12.7. The second-order valence-corrected chi connectivity index (χ2v) is 7.87. The maximum Gasteiger partial charge on any atom is 0.155 e. The van der Waals surface area contributed by atoms with Gasteiger partial charge in [-0.3, -0.25) is 9.59 Å². The van der Waals surface area contributed by atoms with E-state index in [1.807, 2.05) is 6.08 Å². The van der Waals surface area contributed by atoms with Crippen LogP contribution >= 0.6 is 0 Å². The Hall–Kier alpha value is -0.960. The SMILES string of the molecule is C[C@@]12C[C@H](O)[C@@H]3[C@H](CCC4=CC(=O)CC[C@H]43)[C@H]1CCC2=O. The number of aliphatic hydroxyl groups excluding tert-OH is 1. The molecule has 21 heavy (non-hydrogen) atoms. The van der Waals surface area contributed by atoms with E-state index in [0.717, 1.165) is 25.7 Å². The summed E-state index contributed by atoms with van der Waals surface area (Å²) in [6, 6.07) is 0. The van der Waals surface area contributed by atoms with Crippen molar-refractivity contribution in [3.63, 3.8) is 0 Å². The molecule has 0 saturated heterocycles. The summed E-state index contributed by atoms with van der Waals surface area (Å²) in [4.78, 5) is 24.0. The number of hydrogen-bond acceptors (Lipinski definition) is 3. The Balaban J connectivity index is 1.70. The normalized spacial score (nSPS) is 49.2. The highest BCUT2D eigenvalue weighted by Gasteiger charge is 2.59. The molecule has 0 unspecified atom stereocenters. The molecule has 0 aromatic rings. The predicted octanol–water partition coefficient (Wildman–Crippen LogP) is 2.67. The van der Waals surface area contributed by atoms with E-state index in [1.54, 1.807) is 0 Å². The van der Waals surface area contributed by atoms with E-state index < -0.39 is 0 Å². The van der Waals surface area contributed by atoms with Gasteiger partial charge in [-0.15, -0.1) is 0 Å². The van der Waals surface area contributed by atoms with Crippen LogP contribution in [0.4, 0.5) is 0 Å². The number of ketones is 2. The number of hydrogen-bond donors (Lipinski definition) is 1. The summed E-state index contributed by atoms with van der Waals surface area (Å²) in [5.74, 6) is 2.22. The van der Waals surface area contributed by atoms with Crippen molar-refractivity contribution in [3.05, 3.63) is 11.6 Å². The second kappa shape index (κ2) is 4.52. The lowest BCUT2D eigenvalue weighted by atomic mass is 9.51. The molecule has 3 nitrogen and oxygen atoms in total. The first-order chi connectivity index (χ1) is 10.0. The third-order valence-electron chi connectivity index (χ3n) is 6.98. The van der Waals surface area contributed by atoms with Crippen LogP contribution in [0.5, 0.6) is 0 Å². The fourth-order valence-corrected chi connectivity index (χ4v) is 6.03. The Morgan fingerprint density at radius 1 is 1.14 bits per heavy atom. The van der Waals surface area contributed by atoms with Crippen LogP contribution in [-0.2, 0) is 9.59 Å². The van der Waals surface area contributed by atoms with Gasteiger partial charge in [0.25, 0.3) is 0 Å². The summed E-state index contributed by atoms with van der Waals surface area (Å²) < 4.78 is 0. The number of allylic oxidation sites excluding steroid dienone is 1. The fraction of sp³-hybridized carbons (Fsp3) is 0.778. The van der Waals surface area contributed by atoms with Crippen LogP contribution in [0, 0.1) is 29.1 Å². The highest BCUT2D eigenvalue weighted by atomic mass is 16.3. The van der Waals surface area contributed by atoms with E-state index in [9.17, 15) is 14.7 Å². The zero-order valence-electron chi connectivity index (χ0n) is 12.7. The van der Waals surface area contributed by atoms with Crippen molar-refractivity contribution < 1.29 is 14.7 Å². The summed E-state index contributed by atoms with van der Waals surface area (Å²) in [6.07, 6.45) is 7.39. The van der Waals surface area contributed by atoms with Crippen LogP contribution in [0.1, 0.15) is 51.9 Å². The molecule has 0 spiro atoms. The first-order valence-electron chi connectivity index (χ1n) is 8.45. The van der Waals surface area contributed by atoms with Crippen molar-refractivity contribution in [2.45, 2.75) is 58.0 Å². The zero-order chi connectivity index (χ0) is 14.8. The molecule has 0 aromatic heterocycles. The number of aliphatic hydroxyl groups is 1. The smallest absolute Gasteiger partial charge is 0.155 e. The maximum atomic E-state index is 12.3. The van der Waals surface area contributed by atoms with E-state index in [0.29, 0.717) is 42.8 Å². The average Bonchev–Trinajstić information content (AvgIpc) is 2.74. The molecule has 0 aliphatic heterocycles. The van der Waals surface area contributed by atoms with E-state index in [1.165, 1.54) is 5.57 Å². The number of fused-ring (bicyclic) bond motifs is 5. The molecule has 0 radical (unpaired) electrons. The standard InChI is InChI=1S/C18H24O3/c1-18-9-15(20)17-12-5-3-11(19)8-10(12)2-4-13(17)14(18)6-7-16(18)21/h8,12-15,17,20H,2-7,9H2,1H3/t12-,13-,14-,15+,17+,18-/m1/s1. The van der Waals surface area contributed by atoms with E-state index in [-0.39, 0.29) is 23.2 Å². The largest absolute Gasteiger partial charge is 0.393 e. The van der Waals surface area contributed by atoms with Crippen LogP contribution in [-0.4, -0.2) is 22.8 Å². The summed E-state index contributed by atoms with van der Waals surface area (Å²) >= 11 is 0. The third kappa shape index (κ3) is 1.82. The summed E-state index contributed by atoms with van der Waals surface area (Å²) in [5.41, 5.74) is 0.992. The van der Waals surface area contributed by atoms with E-state index >= 15 is 0 Å². The molecule has 0 bridgehead atoms. The molecule has 4 aliphatic carbocycles. The first-order valence-corrected chi connectivity index (χ1v) is 8.45. The van der Waals surface area contributed by atoms with Crippen LogP contribution in [0.2, 0.25) is 0 Å². The van der Waals surface area contributed by atoms with E-state index in [4.69, 9.17) is 0 Å². The molecule has 6 atom stereocenters. The minimum absolute atomic E-state index is 0.255. The molecule has 0 aromatic carbocycles. The second-order valence-electron chi connectivity index (χ2n) is 7.87.